The zero-order valence-electron chi connectivity index (χ0n) is 16.4. The van der Waals surface area contributed by atoms with E-state index >= 15 is 0 Å². The monoisotopic (exact) mass is 405 g/mol. The summed E-state index contributed by atoms with van der Waals surface area (Å²) in [5.41, 5.74) is 5.57. The zero-order valence-corrected chi connectivity index (χ0v) is 17.2. The molecule has 3 aromatic rings. The van der Waals surface area contributed by atoms with E-state index in [4.69, 9.17) is 4.74 Å². The number of aryl methyl sites for hydroxylation is 2. The molecule has 29 heavy (non-hydrogen) atoms. The van der Waals surface area contributed by atoms with Crippen LogP contribution in [0.1, 0.15) is 39.8 Å². The Morgan fingerprint density at radius 1 is 0.862 bits per heavy atom. The lowest BCUT2D eigenvalue weighted by Crippen LogP contribution is -2.36. The number of benzene rings is 3. The van der Waals surface area contributed by atoms with E-state index < -0.39 is 10.0 Å². The van der Waals surface area contributed by atoms with Crippen LogP contribution >= 0.6 is 0 Å². The van der Waals surface area contributed by atoms with E-state index in [2.05, 4.69) is 29.8 Å². The fraction of sp³-hybridized carbons (Fsp3) is 0.250. The maximum Gasteiger partial charge on any atom is 0.241 e. The van der Waals surface area contributed by atoms with Gasteiger partial charge < -0.3 is 4.74 Å². The molecule has 0 bridgehead atoms. The highest BCUT2D eigenvalue weighted by Gasteiger charge is 2.46. The Bertz CT molecular complexity index is 1190. The summed E-state index contributed by atoms with van der Waals surface area (Å²) in [5, 5.41) is 0. The topological polar surface area (TPSA) is 55.4 Å². The first-order valence-electron chi connectivity index (χ1n) is 9.85. The average molecular weight is 406 g/mol. The van der Waals surface area contributed by atoms with Crippen molar-refractivity contribution in [3.63, 3.8) is 0 Å². The van der Waals surface area contributed by atoms with Gasteiger partial charge in [-0.15, -0.1) is 0 Å². The summed E-state index contributed by atoms with van der Waals surface area (Å²) in [7, 11) is -3.64. The molecular formula is C24H23NO3S. The van der Waals surface area contributed by atoms with Crippen molar-refractivity contribution in [2.24, 2.45) is 5.92 Å². The van der Waals surface area contributed by atoms with E-state index in [1.54, 1.807) is 12.1 Å². The lowest BCUT2D eigenvalue weighted by atomic mass is 9.82. The second-order valence-corrected chi connectivity index (χ2v) is 9.75. The minimum Gasteiger partial charge on any atom is -0.493 e. The highest BCUT2D eigenvalue weighted by Crippen LogP contribution is 2.53. The minimum atomic E-state index is -3.64. The van der Waals surface area contributed by atoms with Crippen LogP contribution < -0.4 is 9.46 Å². The molecule has 0 radical (unpaired) electrons. The van der Waals surface area contributed by atoms with Gasteiger partial charge in [-0.25, -0.2) is 13.1 Å². The fourth-order valence-electron chi connectivity index (χ4n) is 4.65. The second-order valence-electron chi connectivity index (χ2n) is 8.03. The Hall–Kier alpha value is -2.63. The molecule has 1 heterocycles. The lowest BCUT2D eigenvalue weighted by Gasteiger charge is -2.32. The van der Waals surface area contributed by atoms with Crippen molar-refractivity contribution in [2.75, 3.05) is 6.61 Å². The number of ether oxygens (including phenoxy) is 1. The van der Waals surface area contributed by atoms with Gasteiger partial charge in [0.05, 0.1) is 17.5 Å². The van der Waals surface area contributed by atoms with Crippen LogP contribution in [0, 0.1) is 19.8 Å². The Morgan fingerprint density at radius 2 is 1.55 bits per heavy atom. The molecule has 148 valence electrons. The summed E-state index contributed by atoms with van der Waals surface area (Å²) in [6.07, 6.45) is 0. The van der Waals surface area contributed by atoms with Gasteiger partial charge in [-0.1, -0.05) is 59.7 Å². The second kappa shape index (κ2) is 6.71. The maximum absolute atomic E-state index is 13.1. The Labute approximate surface area is 171 Å². The first-order valence-corrected chi connectivity index (χ1v) is 11.3. The molecule has 3 aromatic carbocycles. The summed E-state index contributed by atoms with van der Waals surface area (Å²) in [6, 6.07) is 21.0. The van der Waals surface area contributed by atoms with Crippen LogP contribution in [0.3, 0.4) is 0 Å². The molecular weight excluding hydrogens is 382 g/mol. The number of hydrogen-bond acceptors (Lipinski definition) is 3. The number of sulfonamides is 1. The zero-order chi connectivity index (χ0) is 20.2. The predicted octanol–water partition coefficient (Wildman–Crippen LogP) is 4.48. The summed E-state index contributed by atoms with van der Waals surface area (Å²) < 4.78 is 35.3. The molecule has 0 spiro atoms. The van der Waals surface area contributed by atoms with Gasteiger partial charge in [0.25, 0.3) is 0 Å². The van der Waals surface area contributed by atoms with Crippen molar-refractivity contribution >= 4 is 10.0 Å². The molecule has 5 rings (SSSR count). The van der Waals surface area contributed by atoms with Gasteiger partial charge in [-0.05, 0) is 43.2 Å². The summed E-state index contributed by atoms with van der Waals surface area (Å²) in [5.74, 6) is 1.04. The molecule has 1 aliphatic heterocycles. The van der Waals surface area contributed by atoms with Crippen LogP contribution in [0.15, 0.2) is 71.6 Å². The Balaban J connectivity index is 1.58. The van der Waals surface area contributed by atoms with E-state index in [1.165, 1.54) is 11.1 Å². The molecule has 0 saturated heterocycles. The largest absolute Gasteiger partial charge is 0.493 e. The molecule has 0 unspecified atom stereocenters. The molecule has 0 aromatic heterocycles. The normalized spacial score (nSPS) is 22.3. The van der Waals surface area contributed by atoms with E-state index in [-0.39, 0.29) is 22.8 Å². The number of fused-ring (bicyclic) bond motifs is 5. The van der Waals surface area contributed by atoms with Crippen molar-refractivity contribution < 1.29 is 13.2 Å². The Kier molecular flexibility index (Phi) is 4.26. The lowest BCUT2D eigenvalue weighted by molar-refractivity contribution is 0.190. The fourth-order valence-corrected chi connectivity index (χ4v) is 5.92. The first kappa shape index (κ1) is 18.4. The van der Waals surface area contributed by atoms with Crippen molar-refractivity contribution in [3.8, 4) is 5.75 Å². The van der Waals surface area contributed by atoms with Crippen molar-refractivity contribution in [1.29, 1.82) is 0 Å². The summed E-state index contributed by atoms with van der Waals surface area (Å²) >= 11 is 0. The quantitative estimate of drug-likeness (QED) is 0.699. The minimum absolute atomic E-state index is 0.0157. The Morgan fingerprint density at radius 3 is 2.31 bits per heavy atom. The predicted molar refractivity (Wildman–Crippen MR) is 113 cm³/mol. The third-order valence-electron chi connectivity index (χ3n) is 6.07. The smallest absolute Gasteiger partial charge is 0.241 e. The highest BCUT2D eigenvalue weighted by atomic mass is 32.2. The van der Waals surface area contributed by atoms with Crippen molar-refractivity contribution in [2.45, 2.75) is 30.7 Å². The van der Waals surface area contributed by atoms with Crippen LogP contribution in [0.4, 0.5) is 0 Å². The SMILES string of the molecule is Cc1ccc(S(=O)(=O)N[C@@H]2c3ccccc3[C@H]3c4cc(C)ccc4OC[C@H]32)cc1. The number of hydrogen-bond donors (Lipinski definition) is 1. The molecule has 5 heteroatoms. The van der Waals surface area contributed by atoms with Gasteiger partial charge in [0.2, 0.25) is 10.0 Å². The van der Waals surface area contributed by atoms with E-state index in [0.29, 0.717) is 6.61 Å². The van der Waals surface area contributed by atoms with Crippen molar-refractivity contribution in [1.82, 2.24) is 4.72 Å². The van der Waals surface area contributed by atoms with Gasteiger partial charge in [0.1, 0.15) is 5.75 Å². The molecule has 1 aliphatic carbocycles. The van der Waals surface area contributed by atoms with Gasteiger partial charge in [-0.2, -0.15) is 0 Å². The molecule has 3 atom stereocenters. The van der Waals surface area contributed by atoms with Crippen LogP contribution in [-0.4, -0.2) is 15.0 Å². The number of rotatable bonds is 3. The van der Waals surface area contributed by atoms with Crippen LogP contribution in [0.25, 0.3) is 0 Å². The van der Waals surface area contributed by atoms with Gasteiger partial charge in [0.15, 0.2) is 0 Å². The average Bonchev–Trinajstić information content (AvgIpc) is 3.02. The van der Waals surface area contributed by atoms with Gasteiger partial charge in [0, 0.05) is 17.4 Å². The third kappa shape index (κ3) is 3.05. The van der Waals surface area contributed by atoms with Crippen LogP contribution in [0.5, 0.6) is 5.75 Å². The third-order valence-corrected chi connectivity index (χ3v) is 7.52. The summed E-state index contributed by atoms with van der Waals surface area (Å²) in [4.78, 5) is 0.289. The van der Waals surface area contributed by atoms with Crippen molar-refractivity contribution in [3.05, 3.63) is 94.5 Å². The molecule has 0 amide bonds. The standard InChI is InChI=1S/C24H23NO3S/c1-15-7-10-17(11-8-15)29(26,27)25-24-19-6-4-3-5-18(19)23-20-13-16(2)9-12-22(20)28-14-21(23)24/h3-13,21,23-25H,14H2,1-2H3/t21-,23+,24-/m1/s1. The molecule has 2 aliphatic rings. The molecule has 0 fully saturated rings. The molecule has 1 N–H and O–H groups in total. The summed E-state index contributed by atoms with van der Waals surface area (Å²) in [6.45, 7) is 4.50. The number of nitrogens with one attached hydrogen (secondary N) is 1. The van der Waals surface area contributed by atoms with E-state index in [1.807, 2.05) is 43.3 Å². The van der Waals surface area contributed by atoms with Gasteiger partial charge >= 0.3 is 0 Å². The molecule has 4 nitrogen and oxygen atoms in total. The molecule has 0 saturated carbocycles. The van der Waals surface area contributed by atoms with Crippen LogP contribution in [0.2, 0.25) is 0 Å². The van der Waals surface area contributed by atoms with Crippen LogP contribution in [-0.2, 0) is 10.0 Å². The van der Waals surface area contributed by atoms with Gasteiger partial charge in [-0.3, -0.25) is 0 Å². The highest BCUT2D eigenvalue weighted by molar-refractivity contribution is 7.89. The first-order chi connectivity index (χ1) is 13.9. The van der Waals surface area contributed by atoms with E-state index in [0.717, 1.165) is 22.4 Å². The van der Waals surface area contributed by atoms with E-state index in [9.17, 15) is 8.42 Å². The maximum atomic E-state index is 13.1.